The lowest BCUT2D eigenvalue weighted by Crippen LogP contribution is -2.51. The van der Waals surface area contributed by atoms with Gasteiger partial charge in [-0.05, 0) is 59.2 Å². The van der Waals surface area contributed by atoms with Crippen molar-refractivity contribution in [2.75, 3.05) is 32.7 Å². The molecule has 0 aliphatic carbocycles. The normalized spacial score (nSPS) is 26.4. The van der Waals surface area contributed by atoms with E-state index >= 15 is 0 Å². The molecule has 0 radical (unpaired) electrons. The molecule has 2 aliphatic rings. The molecule has 0 spiro atoms. The number of carbonyl (C=O) groups is 1. The summed E-state index contributed by atoms with van der Waals surface area (Å²) in [6.07, 6.45) is 4.63. The van der Waals surface area contributed by atoms with E-state index in [4.69, 9.17) is 0 Å². The standard InChI is InChI=1S/C14H27N3O/c1-3-16(4-2)14(18)13-6-5-11-17(13)12-7-9-15-10-8-12/h12-13,15H,3-11H2,1-2H3. The molecule has 2 aliphatic heterocycles. The monoisotopic (exact) mass is 253 g/mol. The van der Waals surface area contributed by atoms with Gasteiger partial charge in [0.05, 0.1) is 6.04 Å². The fraction of sp³-hybridized carbons (Fsp3) is 0.929. The van der Waals surface area contributed by atoms with Gasteiger partial charge in [-0.1, -0.05) is 0 Å². The second-order valence-electron chi connectivity index (χ2n) is 5.39. The van der Waals surface area contributed by atoms with Crippen molar-refractivity contribution >= 4 is 5.91 Å². The molecular weight excluding hydrogens is 226 g/mol. The summed E-state index contributed by atoms with van der Waals surface area (Å²) in [5, 5.41) is 3.41. The molecule has 4 heteroatoms. The number of amides is 1. The zero-order valence-corrected chi connectivity index (χ0v) is 11.8. The predicted molar refractivity (Wildman–Crippen MR) is 73.5 cm³/mol. The molecule has 1 atom stereocenters. The van der Waals surface area contributed by atoms with E-state index in [0.29, 0.717) is 11.9 Å². The third-order valence-corrected chi connectivity index (χ3v) is 4.43. The fourth-order valence-electron chi connectivity index (χ4n) is 3.38. The highest BCUT2D eigenvalue weighted by Gasteiger charge is 2.37. The van der Waals surface area contributed by atoms with Gasteiger partial charge < -0.3 is 10.2 Å². The first-order valence-electron chi connectivity index (χ1n) is 7.53. The number of nitrogens with one attached hydrogen (secondary N) is 1. The molecule has 0 saturated carbocycles. The van der Waals surface area contributed by atoms with Crippen LogP contribution in [0.2, 0.25) is 0 Å². The van der Waals surface area contributed by atoms with Gasteiger partial charge in [0.1, 0.15) is 0 Å². The average molecular weight is 253 g/mol. The van der Waals surface area contributed by atoms with Gasteiger partial charge in [0.25, 0.3) is 0 Å². The first-order chi connectivity index (χ1) is 8.77. The molecule has 0 aromatic carbocycles. The van der Waals surface area contributed by atoms with E-state index in [1.807, 2.05) is 4.90 Å². The molecule has 2 fully saturated rings. The number of carbonyl (C=O) groups excluding carboxylic acids is 1. The first-order valence-corrected chi connectivity index (χ1v) is 7.53. The molecule has 2 saturated heterocycles. The molecule has 4 nitrogen and oxygen atoms in total. The Morgan fingerprint density at radius 3 is 2.50 bits per heavy atom. The lowest BCUT2D eigenvalue weighted by Gasteiger charge is -2.36. The topological polar surface area (TPSA) is 35.6 Å². The number of piperidine rings is 1. The predicted octanol–water partition coefficient (Wildman–Crippen LogP) is 1.07. The van der Waals surface area contributed by atoms with Gasteiger partial charge in [-0.2, -0.15) is 0 Å². The van der Waals surface area contributed by atoms with Crippen LogP contribution in [-0.4, -0.2) is 60.5 Å². The van der Waals surface area contributed by atoms with Crippen LogP contribution in [0, 0.1) is 0 Å². The van der Waals surface area contributed by atoms with Crippen molar-refractivity contribution < 1.29 is 4.79 Å². The van der Waals surface area contributed by atoms with E-state index in [1.54, 1.807) is 0 Å². The minimum atomic E-state index is 0.160. The summed E-state index contributed by atoms with van der Waals surface area (Å²) in [4.78, 5) is 17.0. The maximum Gasteiger partial charge on any atom is 0.239 e. The largest absolute Gasteiger partial charge is 0.342 e. The fourth-order valence-corrected chi connectivity index (χ4v) is 3.38. The minimum Gasteiger partial charge on any atom is -0.342 e. The van der Waals surface area contributed by atoms with Gasteiger partial charge in [0.15, 0.2) is 0 Å². The maximum absolute atomic E-state index is 12.5. The molecule has 18 heavy (non-hydrogen) atoms. The van der Waals surface area contributed by atoms with Gasteiger partial charge in [-0.15, -0.1) is 0 Å². The van der Waals surface area contributed by atoms with Crippen LogP contribution in [0.1, 0.15) is 39.5 Å². The Morgan fingerprint density at radius 2 is 1.89 bits per heavy atom. The molecule has 1 unspecified atom stereocenters. The number of likely N-dealkylation sites (N-methyl/N-ethyl adjacent to an activating group) is 1. The summed E-state index contributed by atoms with van der Waals surface area (Å²) in [5.41, 5.74) is 0. The van der Waals surface area contributed by atoms with Gasteiger partial charge >= 0.3 is 0 Å². The van der Waals surface area contributed by atoms with Gasteiger partial charge in [0.2, 0.25) is 5.91 Å². The molecular formula is C14H27N3O. The summed E-state index contributed by atoms with van der Waals surface area (Å²) >= 11 is 0. The summed E-state index contributed by atoms with van der Waals surface area (Å²) < 4.78 is 0. The van der Waals surface area contributed by atoms with Crippen molar-refractivity contribution in [3.8, 4) is 0 Å². The molecule has 104 valence electrons. The van der Waals surface area contributed by atoms with Gasteiger partial charge in [0, 0.05) is 19.1 Å². The highest BCUT2D eigenvalue weighted by Crippen LogP contribution is 2.25. The van der Waals surface area contributed by atoms with E-state index < -0.39 is 0 Å². The maximum atomic E-state index is 12.5. The van der Waals surface area contributed by atoms with Crippen molar-refractivity contribution in [3.63, 3.8) is 0 Å². The smallest absolute Gasteiger partial charge is 0.239 e. The molecule has 0 aromatic heterocycles. The molecule has 1 amide bonds. The SMILES string of the molecule is CCN(CC)C(=O)C1CCCN1C1CCNCC1. The second kappa shape index (κ2) is 6.53. The van der Waals surface area contributed by atoms with Crippen molar-refractivity contribution in [2.45, 2.75) is 51.6 Å². The van der Waals surface area contributed by atoms with Crippen LogP contribution in [0.5, 0.6) is 0 Å². The second-order valence-corrected chi connectivity index (χ2v) is 5.39. The summed E-state index contributed by atoms with van der Waals surface area (Å²) in [5.74, 6) is 0.357. The molecule has 0 aromatic rings. The zero-order chi connectivity index (χ0) is 13.0. The van der Waals surface area contributed by atoms with Crippen LogP contribution in [-0.2, 0) is 4.79 Å². The zero-order valence-electron chi connectivity index (χ0n) is 11.8. The number of likely N-dealkylation sites (tertiary alicyclic amines) is 1. The van der Waals surface area contributed by atoms with Crippen LogP contribution in [0.15, 0.2) is 0 Å². The highest BCUT2D eigenvalue weighted by atomic mass is 16.2. The van der Waals surface area contributed by atoms with Crippen molar-refractivity contribution in [2.24, 2.45) is 0 Å². The van der Waals surface area contributed by atoms with Crippen molar-refractivity contribution in [1.82, 2.24) is 15.1 Å². The molecule has 2 heterocycles. The van der Waals surface area contributed by atoms with Gasteiger partial charge in [-0.3, -0.25) is 9.69 Å². The van der Waals surface area contributed by atoms with E-state index in [0.717, 1.165) is 39.1 Å². The minimum absolute atomic E-state index is 0.160. The lowest BCUT2D eigenvalue weighted by molar-refractivity contribution is -0.136. The first kappa shape index (κ1) is 13.8. The average Bonchev–Trinajstić information content (AvgIpc) is 2.90. The van der Waals surface area contributed by atoms with E-state index in [1.165, 1.54) is 19.3 Å². The van der Waals surface area contributed by atoms with Crippen molar-refractivity contribution in [1.29, 1.82) is 0 Å². The Morgan fingerprint density at radius 1 is 1.22 bits per heavy atom. The number of hydrogen-bond acceptors (Lipinski definition) is 3. The van der Waals surface area contributed by atoms with E-state index in [9.17, 15) is 4.79 Å². The third kappa shape index (κ3) is 2.86. The Labute approximate surface area is 111 Å². The number of nitrogens with zero attached hydrogens (tertiary/aromatic N) is 2. The van der Waals surface area contributed by atoms with Crippen LogP contribution >= 0.6 is 0 Å². The Bertz CT molecular complexity index is 272. The number of hydrogen-bond donors (Lipinski definition) is 1. The molecule has 1 N–H and O–H groups in total. The Balaban J connectivity index is 1.99. The lowest BCUT2D eigenvalue weighted by atomic mass is 10.0. The molecule has 0 bridgehead atoms. The summed E-state index contributed by atoms with van der Waals surface area (Å²) in [6, 6.07) is 0.784. The van der Waals surface area contributed by atoms with Crippen molar-refractivity contribution in [3.05, 3.63) is 0 Å². The van der Waals surface area contributed by atoms with Crippen LogP contribution < -0.4 is 5.32 Å². The van der Waals surface area contributed by atoms with Crippen LogP contribution in [0.3, 0.4) is 0 Å². The van der Waals surface area contributed by atoms with E-state index in [-0.39, 0.29) is 6.04 Å². The van der Waals surface area contributed by atoms with Gasteiger partial charge in [-0.25, -0.2) is 0 Å². The van der Waals surface area contributed by atoms with Crippen LogP contribution in [0.4, 0.5) is 0 Å². The summed E-state index contributed by atoms with van der Waals surface area (Å²) in [6.45, 7) is 9.15. The highest BCUT2D eigenvalue weighted by molar-refractivity contribution is 5.82. The Hall–Kier alpha value is -0.610. The Kier molecular flexibility index (Phi) is 5.01. The summed E-state index contributed by atoms with van der Waals surface area (Å²) in [7, 11) is 0. The molecule has 2 rings (SSSR count). The third-order valence-electron chi connectivity index (χ3n) is 4.43. The quantitative estimate of drug-likeness (QED) is 0.814. The van der Waals surface area contributed by atoms with Crippen LogP contribution in [0.25, 0.3) is 0 Å². The number of rotatable bonds is 4. The van der Waals surface area contributed by atoms with E-state index in [2.05, 4.69) is 24.1 Å².